The van der Waals surface area contributed by atoms with Gasteiger partial charge in [0.05, 0.1) is 17.8 Å². The summed E-state index contributed by atoms with van der Waals surface area (Å²) in [6.07, 6.45) is 4.41. The number of hydrogen-bond acceptors (Lipinski definition) is 4. The van der Waals surface area contributed by atoms with Crippen LogP contribution in [0.5, 0.6) is 0 Å². The van der Waals surface area contributed by atoms with Crippen LogP contribution in [-0.4, -0.2) is 47.3 Å². The summed E-state index contributed by atoms with van der Waals surface area (Å²) in [5, 5.41) is 12.4. The Hall–Kier alpha value is -2.67. The lowest BCUT2D eigenvalue weighted by molar-refractivity contribution is 0.145. The lowest BCUT2D eigenvalue weighted by Crippen LogP contribution is -2.38. The largest absolute Gasteiger partial charge is 0.393 e. The molecule has 1 fully saturated rings. The van der Waals surface area contributed by atoms with Crippen LogP contribution < -0.4 is 10.2 Å². The molecule has 2 aromatic rings. The molecule has 2 heterocycles. The number of carbonyl (C=O) groups is 1. The Balaban J connectivity index is 1.57. The second-order valence-electron chi connectivity index (χ2n) is 7.23. The number of hydrogen-bond donors (Lipinski definition) is 2. The molecule has 1 atom stereocenters. The van der Waals surface area contributed by atoms with Gasteiger partial charge in [-0.05, 0) is 55.2 Å². The topological polar surface area (TPSA) is 68.7 Å². The molecule has 6 nitrogen and oxygen atoms in total. The third-order valence-corrected chi connectivity index (χ3v) is 5.35. The third-order valence-electron chi connectivity index (χ3n) is 5.35. The van der Waals surface area contributed by atoms with Crippen molar-refractivity contribution in [2.45, 2.75) is 38.5 Å². The van der Waals surface area contributed by atoms with Crippen LogP contribution in [0.15, 0.2) is 42.7 Å². The number of aliphatic hydroxyl groups excluding tert-OH is 1. The van der Waals surface area contributed by atoms with Crippen molar-refractivity contribution in [3.63, 3.8) is 0 Å². The summed E-state index contributed by atoms with van der Waals surface area (Å²) in [5.41, 5.74) is 2.25. The number of anilines is 1. The van der Waals surface area contributed by atoms with E-state index in [2.05, 4.69) is 10.3 Å². The van der Waals surface area contributed by atoms with Gasteiger partial charge in [0.25, 0.3) is 0 Å². The number of rotatable bonds is 5. The molecule has 150 valence electrons. The minimum absolute atomic E-state index is 0.100. The minimum atomic E-state index is -0.304. The van der Waals surface area contributed by atoms with Gasteiger partial charge in [-0.25, -0.2) is 9.18 Å². The van der Waals surface area contributed by atoms with Gasteiger partial charge in [0, 0.05) is 39.1 Å². The maximum Gasteiger partial charge on any atom is 0.317 e. The summed E-state index contributed by atoms with van der Waals surface area (Å²) >= 11 is 0. The molecule has 1 saturated heterocycles. The van der Waals surface area contributed by atoms with E-state index in [1.54, 1.807) is 30.4 Å². The van der Waals surface area contributed by atoms with Gasteiger partial charge in [-0.1, -0.05) is 6.07 Å². The number of amides is 2. The molecule has 1 unspecified atom stereocenters. The van der Waals surface area contributed by atoms with E-state index in [0.717, 1.165) is 5.56 Å². The number of benzene rings is 1. The molecular weight excluding hydrogens is 359 g/mol. The first-order chi connectivity index (χ1) is 13.5. The molecule has 1 aliphatic rings. The number of piperidine rings is 1. The van der Waals surface area contributed by atoms with Gasteiger partial charge >= 0.3 is 6.03 Å². The molecule has 0 radical (unpaired) electrons. The predicted octanol–water partition coefficient (Wildman–Crippen LogP) is 3.08. The molecule has 0 aliphatic carbocycles. The van der Waals surface area contributed by atoms with Crippen LogP contribution in [-0.2, 0) is 6.54 Å². The van der Waals surface area contributed by atoms with Crippen molar-refractivity contribution in [3.05, 3.63) is 59.7 Å². The first-order valence-electron chi connectivity index (χ1n) is 9.57. The maximum atomic E-state index is 14.5. The number of nitrogens with one attached hydrogen (secondary N) is 1. The number of aliphatic hydroxyl groups is 1. The van der Waals surface area contributed by atoms with Crippen LogP contribution in [0.1, 0.15) is 36.9 Å². The predicted molar refractivity (Wildman–Crippen MR) is 107 cm³/mol. The molecule has 0 bridgehead atoms. The van der Waals surface area contributed by atoms with Gasteiger partial charge < -0.3 is 20.2 Å². The van der Waals surface area contributed by atoms with E-state index in [1.807, 2.05) is 30.0 Å². The van der Waals surface area contributed by atoms with Gasteiger partial charge in [0.15, 0.2) is 0 Å². The van der Waals surface area contributed by atoms with E-state index < -0.39 is 0 Å². The van der Waals surface area contributed by atoms with Gasteiger partial charge in [0.2, 0.25) is 0 Å². The van der Waals surface area contributed by atoms with Crippen molar-refractivity contribution in [3.8, 4) is 0 Å². The van der Waals surface area contributed by atoms with E-state index in [0.29, 0.717) is 37.2 Å². The molecule has 2 amide bonds. The van der Waals surface area contributed by atoms with Crippen molar-refractivity contribution in [1.82, 2.24) is 15.2 Å². The Kier molecular flexibility index (Phi) is 6.46. The van der Waals surface area contributed by atoms with Crippen LogP contribution in [0.2, 0.25) is 0 Å². The summed E-state index contributed by atoms with van der Waals surface area (Å²) in [5.74, 6) is -0.304. The van der Waals surface area contributed by atoms with Gasteiger partial charge in [-0.15, -0.1) is 0 Å². The van der Waals surface area contributed by atoms with E-state index in [9.17, 15) is 14.3 Å². The molecule has 1 aliphatic heterocycles. The molecule has 28 heavy (non-hydrogen) atoms. The van der Waals surface area contributed by atoms with Crippen molar-refractivity contribution in [2.24, 2.45) is 0 Å². The van der Waals surface area contributed by atoms with E-state index in [-0.39, 0.29) is 30.5 Å². The highest BCUT2D eigenvalue weighted by Gasteiger charge is 2.20. The van der Waals surface area contributed by atoms with Crippen LogP contribution in [0.3, 0.4) is 0 Å². The Morgan fingerprint density at radius 3 is 2.64 bits per heavy atom. The van der Waals surface area contributed by atoms with Crippen LogP contribution in [0.25, 0.3) is 0 Å². The summed E-state index contributed by atoms with van der Waals surface area (Å²) in [7, 11) is 1.73. The van der Waals surface area contributed by atoms with Gasteiger partial charge in [-0.2, -0.15) is 0 Å². The number of urea groups is 1. The first-order valence-corrected chi connectivity index (χ1v) is 9.57. The minimum Gasteiger partial charge on any atom is -0.393 e. The SMILES string of the molecule is CC(c1ccncc1)N(C)C(=O)NCc1ccc(N2CCC(O)CC2)c(F)c1. The Bertz CT molecular complexity index is 794. The highest BCUT2D eigenvalue weighted by atomic mass is 19.1. The average molecular weight is 386 g/mol. The maximum absolute atomic E-state index is 14.5. The molecule has 0 saturated carbocycles. The van der Waals surface area contributed by atoms with Gasteiger partial charge in [-0.3, -0.25) is 4.98 Å². The monoisotopic (exact) mass is 386 g/mol. The highest BCUT2D eigenvalue weighted by molar-refractivity contribution is 5.74. The van der Waals surface area contributed by atoms with Gasteiger partial charge in [0.1, 0.15) is 5.82 Å². The second-order valence-corrected chi connectivity index (χ2v) is 7.23. The van der Waals surface area contributed by atoms with E-state index in [1.165, 1.54) is 6.07 Å². The van der Waals surface area contributed by atoms with Crippen molar-refractivity contribution < 1.29 is 14.3 Å². The summed E-state index contributed by atoms with van der Waals surface area (Å²) in [6, 6.07) is 8.47. The van der Waals surface area contributed by atoms with E-state index in [4.69, 9.17) is 0 Å². The molecular formula is C21H27FN4O2. The zero-order chi connectivity index (χ0) is 20.1. The first kappa shape index (κ1) is 20.1. The standard InChI is InChI=1S/C21H27FN4O2/c1-15(17-5-9-23-10-6-17)25(2)21(28)24-14-16-3-4-20(19(22)13-16)26-11-7-18(27)8-12-26/h3-6,9-10,13,15,18,27H,7-8,11-12,14H2,1-2H3,(H,24,28). The van der Waals surface area contributed by atoms with Crippen molar-refractivity contribution in [2.75, 3.05) is 25.0 Å². The third kappa shape index (κ3) is 4.78. The van der Waals surface area contributed by atoms with Crippen LogP contribution in [0, 0.1) is 5.82 Å². The second kappa shape index (κ2) is 9.01. The van der Waals surface area contributed by atoms with E-state index >= 15 is 0 Å². The number of nitrogens with zero attached hydrogens (tertiary/aromatic N) is 3. The zero-order valence-electron chi connectivity index (χ0n) is 16.3. The normalized spacial score (nSPS) is 15.9. The molecule has 1 aromatic heterocycles. The number of pyridine rings is 1. The summed E-state index contributed by atoms with van der Waals surface area (Å²) in [4.78, 5) is 20.0. The Labute approximate surface area is 165 Å². The quantitative estimate of drug-likeness (QED) is 0.829. The molecule has 0 spiro atoms. The zero-order valence-corrected chi connectivity index (χ0v) is 16.3. The summed E-state index contributed by atoms with van der Waals surface area (Å²) < 4.78 is 14.5. The van der Waals surface area contributed by atoms with Crippen LogP contribution >= 0.6 is 0 Å². The Morgan fingerprint density at radius 2 is 2.00 bits per heavy atom. The molecule has 1 aromatic carbocycles. The number of aromatic nitrogens is 1. The average Bonchev–Trinajstić information content (AvgIpc) is 2.72. The number of carbonyl (C=O) groups excluding carboxylic acids is 1. The summed E-state index contributed by atoms with van der Waals surface area (Å²) in [6.45, 7) is 3.48. The lowest BCUT2D eigenvalue weighted by Gasteiger charge is -2.31. The highest BCUT2D eigenvalue weighted by Crippen LogP contribution is 2.24. The molecule has 3 rings (SSSR count). The lowest BCUT2D eigenvalue weighted by atomic mass is 10.1. The molecule has 2 N–H and O–H groups in total. The number of halogens is 1. The smallest absolute Gasteiger partial charge is 0.317 e. The molecule has 7 heteroatoms. The van der Waals surface area contributed by atoms with Crippen LogP contribution in [0.4, 0.5) is 14.9 Å². The van der Waals surface area contributed by atoms with Crippen molar-refractivity contribution >= 4 is 11.7 Å². The van der Waals surface area contributed by atoms with Crippen molar-refractivity contribution in [1.29, 1.82) is 0 Å². The Morgan fingerprint density at radius 1 is 1.32 bits per heavy atom. The fourth-order valence-corrected chi connectivity index (χ4v) is 3.37. The fourth-order valence-electron chi connectivity index (χ4n) is 3.37. The fraction of sp³-hybridized carbons (Fsp3) is 0.429.